The van der Waals surface area contributed by atoms with E-state index >= 15 is 0 Å². The first kappa shape index (κ1) is 14.7. The predicted octanol–water partition coefficient (Wildman–Crippen LogP) is 3.85. The van der Waals surface area contributed by atoms with E-state index in [1.807, 2.05) is 38.7 Å². The Morgan fingerprint density at radius 1 is 1.12 bits per heavy atom. The molecule has 0 bridgehead atoms. The normalized spacial score (nSPS) is 11.5. The SMILES string of the molecule is Cc1nc2c(-c3c(C)noc3C)cc(-c3c(C)cnn3C)cc2[nH]1. The van der Waals surface area contributed by atoms with Crippen LogP contribution in [0, 0.1) is 27.7 Å². The maximum atomic E-state index is 5.38. The number of H-pyrrole nitrogens is 1. The Labute approximate surface area is 139 Å². The lowest BCUT2D eigenvalue weighted by atomic mass is 9.97. The molecule has 0 saturated carbocycles. The lowest BCUT2D eigenvalue weighted by Gasteiger charge is -2.09. The first-order valence-electron chi connectivity index (χ1n) is 7.88. The van der Waals surface area contributed by atoms with Gasteiger partial charge in [0.25, 0.3) is 0 Å². The molecule has 0 unspecified atom stereocenters. The van der Waals surface area contributed by atoms with Gasteiger partial charge in [0.1, 0.15) is 11.6 Å². The van der Waals surface area contributed by atoms with Gasteiger partial charge in [0.15, 0.2) is 0 Å². The van der Waals surface area contributed by atoms with E-state index in [2.05, 4.69) is 39.3 Å². The fraction of sp³-hybridized carbons (Fsp3) is 0.278. The zero-order valence-electron chi connectivity index (χ0n) is 14.4. The summed E-state index contributed by atoms with van der Waals surface area (Å²) in [6, 6.07) is 4.28. The Bertz CT molecular complexity index is 1030. The number of aromatic amines is 1. The van der Waals surface area contributed by atoms with Crippen molar-refractivity contribution in [3.05, 3.63) is 41.2 Å². The summed E-state index contributed by atoms with van der Waals surface area (Å²) in [6.45, 7) is 7.92. The molecule has 0 aliphatic carbocycles. The second-order valence-electron chi connectivity index (χ2n) is 6.24. The third-order valence-corrected chi connectivity index (χ3v) is 4.40. The van der Waals surface area contributed by atoms with E-state index in [1.54, 1.807) is 0 Å². The van der Waals surface area contributed by atoms with E-state index < -0.39 is 0 Å². The van der Waals surface area contributed by atoms with Crippen LogP contribution in [-0.2, 0) is 7.05 Å². The van der Waals surface area contributed by atoms with Crippen LogP contribution < -0.4 is 0 Å². The number of aryl methyl sites for hydroxylation is 5. The standard InChI is InChI=1S/C18H19N5O/c1-9-8-19-23(5)18(9)13-6-14(16-10(2)22-24-11(16)3)17-15(7-13)20-12(4)21-17/h6-8H,1-5H3,(H,20,21). The number of nitrogens with zero attached hydrogens (tertiary/aromatic N) is 4. The van der Waals surface area contributed by atoms with Gasteiger partial charge in [-0.2, -0.15) is 5.10 Å². The number of aromatic nitrogens is 5. The average molecular weight is 321 g/mol. The molecule has 0 spiro atoms. The maximum Gasteiger partial charge on any atom is 0.141 e. The first-order valence-corrected chi connectivity index (χ1v) is 7.88. The summed E-state index contributed by atoms with van der Waals surface area (Å²) in [5.74, 6) is 1.69. The van der Waals surface area contributed by atoms with E-state index in [-0.39, 0.29) is 0 Å². The molecule has 0 radical (unpaired) electrons. The van der Waals surface area contributed by atoms with Crippen molar-refractivity contribution in [2.45, 2.75) is 27.7 Å². The highest BCUT2D eigenvalue weighted by Crippen LogP contribution is 2.36. The van der Waals surface area contributed by atoms with E-state index in [4.69, 9.17) is 4.52 Å². The smallest absolute Gasteiger partial charge is 0.141 e. The van der Waals surface area contributed by atoms with Crippen molar-refractivity contribution in [1.82, 2.24) is 24.9 Å². The van der Waals surface area contributed by atoms with Crippen molar-refractivity contribution in [3.63, 3.8) is 0 Å². The van der Waals surface area contributed by atoms with Crippen molar-refractivity contribution in [2.24, 2.45) is 7.05 Å². The van der Waals surface area contributed by atoms with Gasteiger partial charge >= 0.3 is 0 Å². The molecule has 3 heterocycles. The van der Waals surface area contributed by atoms with E-state index in [1.165, 1.54) is 0 Å². The highest BCUT2D eigenvalue weighted by atomic mass is 16.5. The molecule has 24 heavy (non-hydrogen) atoms. The van der Waals surface area contributed by atoms with Crippen LogP contribution in [0.5, 0.6) is 0 Å². The number of rotatable bonds is 2. The molecule has 3 aromatic heterocycles. The number of hydrogen-bond donors (Lipinski definition) is 1. The monoisotopic (exact) mass is 321 g/mol. The van der Waals surface area contributed by atoms with Crippen LogP contribution in [-0.4, -0.2) is 24.9 Å². The topological polar surface area (TPSA) is 72.5 Å². The number of benzene rings is 1. The van der Waals surface area contributed by atoms with Crippen LogP contribution in [0.3, 0.4) is 0 Å². The minimum Gasteiger partial charge on any atom is -0.361 e. The van der Waals surface area contributed by atoms with Gasteiger partial charge in [0, 0.05) is 23.7 Å². The molecule has 4 aromatic rings. The largest absolute Gasteiger partial charge is 0.361 e. The Hall–Kier alpha value is -2.89. The second kappa shape index (κ2) is 5.06. The van der Waals surface area contributed by atoms with Crippen LogP contribution in [0.15, 0.2) is 22.9 Å². The minimum atomic E-state index is 0.799. The molecule has 0 atom stereocenters. The van der Waals surface area contributed by atoms with Gasteiger partial charge in [-0.1, -0.05) is 5.16 Å². The van der Waals surface area contributed by atoms with Gasteiger partial charge in [-0.25, -0.2) is 4.98 Å². The predicted molar refractivity (Wildman–Crippen MR) is 92.7 cm³/mol. The molecule has 1 N–H and O–H groups in total. The molecule has 122 valence electrons. The molecule has 6 heteroatoms. The lowest BCUT2D eigenvalue weighted by Crippen LogP contribution is -1.95. The van der Waals surface area contributed by atoms with Crippen molar-refractivity contribution in [2.75, 3.05) is 0 Å². The van der Waals surface area contributed by atoms with Gasteiger partial charge in [0.05, 0.1) is 28.6 Å². The molecule has 0 saturated heterocycles. The fourth-order valence-electron chi connectivity index (χ4n) is 3.40. The highest BCUT2D eigenvalue weighted by molar-refractivity contribution is 5.97. The number of fused-ring (bicyclic) bond motifs is 1. The third-order valence-electron chi connectivity index (χ3n) is 4.40. The van der Waals surface area contributed by atoms with Crippen molar-refractivity contribution in [1.29, 1.82) is 0 Å². The number of nitrogens with one attached hydrogen (secondary N) is 1. The van der Waals surface area contributed by atoms with Crippen LogP contribution in [0.1, 0.15) is 22.8 Å². The zero-order chi connectivity index (χ0) is 17.0. The van der Waals surface area contributed by atoms with Crippen LogP contribution in [0.25, 0.3) is 33.4 Å². The van der Waals surface area contributed by atoms with Gasteiger partial charge in [-0.05, 0) is 45.4 Å². The van der Waals surface area contributed by atoms with Crippen LogP contribution in [0.4, 0.5) is 0 Å². The molecule has 0 aliphatic heterocycles. The molecule has 0 amide bonds. The number of hydrogen-bond acceptors (Lipinski definition) is 4. The van der Waals surface area contributed by atoms with Crippen molar-refractivity contribution >= 4 is 11.0 Å². The highest BCUT2D eigenvalue weighted by Gasteiger charge is 2.19. The average Bonchev–Trinajstić information content (AvgIpc) is 3.16. The van der Waals surface area contributed by atoms with Crippen molar-refractivity contribution in [3.8, 4) is 22.4 Å². The summed E-state index contributed by atoms with van der Waals surface area (Å²) < 4.78 is 7.28. The maximum absolute atomic E-state index is 5.38. The van der Waals surface area contributed by atoms with Gasteiger partial charge in [-0.15, -0.1) is 0 Å². The summed E-state index contributed by atoms with van der Waals surface area (Å²) in [5, 5.41) is 8.47. The minimum absolute atomic E-state index is 0.799. The summed E-state index contributed by atoms with van der Waals surface area (Å²) in [7, 11) is 1.96. The summed E-state index contributed by atoms with van der Waals surface area (Å²) in [4.78, 5) is 8.02. The van der Waals surface area contributed by atoms with Crippen LogP contribution >= 0.6 is 0 Å². The molecule has 0 aliphatic rings. The molecule has 0 fully saturated rings. The molecule has 4 rings (SSSR count). The molecule has 6 nitrogen and oxygen atoms in total. The number of imidazole rings is 1. The van der Waals surface area contributed by atoms with E-state index in [9.17, 15) is 0 Å². The Kier molecular flexibility index (Phi) is 3.09. The first-order chi connectivity index (χ1) is 11.5. The lowest BCUT2D eigenvalue weighted by molar-refractivity contribution is 0.393. The quantitative estimate of drug-likeness (QED) is 0.608. The fourth-order valence-corrected chi connectivity index (χ4v) is 3.40. The van der Waals surface area contributed by atoms with E-state index in [0.717, 1.165) is 56.3 Å². The Morgan fingerprint density at radius 2 is 1.92 bits per heavy atom. The summed E-state index contributed by atoms with van der Waals surface area (Å²) in [6.07, 6.45) is 1.88. The summed E-state index contributed by atoms with van der Waals surface area (Å²) >= 11 is 0. The van der Waals surface area contributed by atoms with Gasteiger partial charge < -0.3 is 9.51 Å². The zero-order valence-corrected chi connectivity index (χ0v) is 14.4. The van der Waals surface area contributed by atoms with Gasteiger partial charge in [0.2, 0.25) is 0 Å². The Balaban J connectivity index is 2.09. The molecular formula is C18H19N5O. The van der Waals surface area contributed by atoms with E-state index in [0.29, 0.717) is 0 Å². The Morgan fingerprint density at radius 3 is 2.54 bits per heavy atom. The van der Waals surface area contributed by atoms with Gasteiger partial charge in [-0.3, -0.25) is 4.68 Å². The molecule has 1 aromatic carbocycles. The molecular weight excluding hydrogens is 302 g/mol. The van der Waals surface area contributed by atoms with Crippen molar-refractivity contribution < 1.29 is 4.52 Å². The second-order valence-corrected chi connectivity index (χ2v) is 6.24. The third kappa shape index (κ3) is 2.06. The van der Waals surface area contributed by atoms with Crippen LogP contribution in [0.2, 0.25) is 0 Å². The summed E-state index contributed by atoms with van der Waals surface area (Å²) in [5.41, 5.74) is 8.17.